The molecule has 0 spiro atoms. The summed E-state index contributed by atoms with van der Waals surface area (Å²) in [5.74, 6) is -0.430. The van der Waals surface area contributed by atoms with Crippen LogP contribution in [0.2, 0.25) is 10.0 Å². The highest BCUT2D eigenvalue weighted by Gasteiger charge is 2.17. The molecule has 2 heterocycles. The zero-order valence-corrected chi connectivity index (χ0v) is 25.6. The molecule has 0 aliphatic rings. The number of aliphatic hydroxyl groups excluding tert-OH is 2. The molecule has 2 aromatic heterocycles. The van der Waals surface area contributed by atoms with Gasteiger partial charge in [0.1, 0.15) is 11.8 Å². The van der Waals surface area contributed by atoms with E-state index >= 15 is 0 Å². The minimum Gasteiger partial charge on any atom is -0.395 e. The van der Waals surface area contributed by atoms with Crippen LogP contribution in [0.15, 0.2) is 60.9 Å². The predicted molar refractivity (Wildman–Crippen MR) is 174 cm³/mol. The van der Waals surface area contributed by atoms with Gasteiger partial charge in [-0.15, -0.1) is 0 Å². The van der Waals surface area contributed by atoms with Gasteiger partial charge in [-0.2, -0.15) is 5.26 Å². The summed E-state index contributed by atoms with van der Waals surface area (Å²) in [5.41, 5.74) is 6.19. The Labute approximate surface area is 266 Å². The fraction of sp³-hybridized carbons (Fsp3) is 0.212. The van der Waals surface area contributed by atoms with E-state index in [0.717, 1.165) is 22.3 Å². The molecule has 4 aromatic rings. The second-order valence-corrected chi connectivity index (χ2v) is 10.6. The van der Waals surface area contributed by atoms with E-state index in [1.165, 1.54) is 0 Å². The molecule has 44 heavy (non-hydrogen) atoms. The number of nitrogens with zero attached hydrogens (tertiary/aromatic N) is 3. The average Bonchev–Trinajstić information content (AvgIpc) is 3.03. The van der Waals surface area contributed by atoms with E-state index in [1.54, 1.807) is 54.9 Å². The molecule has 226 valence electrons. The lowest BCUT2D eigenvalue weighted by Crippen LogP contribution is -2.18. The molecule has 0 fully saturated rings. The molecule has 0 unspecified atom stereocenters. The average molecular weight is 632 g/mol. The van der Waals surface area contributed by atoms with Crippen LogP contribution in [-0.4, -0.2) is 52.4 Å². The third kappa shape index (κ3) is 8.27. The Morgan fingerprint density at radius 2 is 1.75 bits per heavy atom. The van der Waals surface area contributed by atoms with Gasteiger partial charge in [0.05, 0.1) is 35.2 Å². The van der Waals surface area contributed by atoms with Gasteiger partial charge in [-0.25, -0.2) is 0 Å². The molecule has 0 atom stereocenters. The molecule has 0 saturated carbocycles. The second-order valence-electron chi connectivity index (χ2n) is 9.84. The zero-order chi connectivity index (χ0) is 31.5. The van der Waals surface area contributed by atoms with Crippen molar-refractivity contribution in [1.82, 2.24) is 20.6 Å². The van der Waals surface area contributed by atoms with Crippen molar-refractivity contribution < 1.29 is 15.0 Å². The number of rotatable bonds is 13. The third-order valence-electron chi connectivity index (χ3n) is 6.78. The van der Waals surface area contributed by atoms with E-state index in [0.29, 0.717) is 59.3 Å². The van der Waals surface area contributed by atoms with Crippen LogP contribution in [0.5, 0.6) is 0 Å². The number of nitrogens with one attached hydrogen (secondary N) is 3. The zero-order valence-electron chi connectivity index (χ0n) is 24.1. The Morgan fingerprint density at radius 3 is 2.45 bits per heavy atom. The predicted octanol–water partition coefficient (Wildman–Crippen LogP) is 5.22. The lowest BCUT2D eigenvalue weighted by atomic mass is 9.98. The molecule has 1 amide bonds. The number of aliphatic hydroxyl groups is 2. The fourth-order valence-corrected chi connectivity index (χ4v) is 5.00. The molecule has 0 aliphatic heterocycles. The Balaban J connectivity index is 1.56. The lowest BCUT2D eigenvalue weighted by Gasteiger charge is -2.13. The molecule has 4 rings (SSSR count). The topological polar surface area (TPSA) is 143 Å². The van der Waals surface area contributed by atoms with Crippen molar-refractivity contribution in [2.75, 3.05) is 31.6 Å². The number of pyridine rings is 2. The monoisotopic (exact) mass is 630 g/mol. The summed E-state index contributed by atoms with van der Waals surface area (Å²) in [6.45, 7) is 4.15. The molecule has 0 saturated heterocycles. The maximum Gasteiger partial charge on any atom is 0.274 e. The maximum atomic E-state index is 12.9. The van der Waals surface area contributed by atoms with E-state index in [2.05, 4.69) is 32.0 Å². The van der Waals surface area contributed by atoms with Crippen LogP contribution in [0.25, 0.3) is 23.3 Å². The van der Waals surface area contributed by atoms with Crippen LogP contribution in [0, 0.1) is 18.3 Å². The number of anilines is 1. The number of hydrogen-bond donors (Lipinski definition) is 5. The van der Waals surface area contributed by atoms with Gasteiger partial charge >= 0.3 is 0 Å². The van der Waals surface area contributed by atoms with Gasteiger partial charge in [-0.05, 0) is 59.5 Å². The van der Waals surface area contributed by atoms with E-state index in [1.807, 2.05) is 25.1 Å². The maximum absolute atomic E-state index is 12.9. The first-order valence-electron chi connectivity index (χ1n) is 13.9. The van der Waals surface area contributed by atoms with Crippen LogP contribution in [0.4, 0.5) is 5.69 Å². The Kier molecular flexibility index (Phi) is 12.0. The number of aromatic nitrogens is 2. The van der Waals surface area contributed by atoms with Crippen molar-refractivity contribution in [2.45, 2.75) is 20.0 Å². The fourth-order valence-electron chi connectivity index (χ4n) is 4.48. The van der Waals surface area contributed by atoms with E-state index in [9.17, 15) is 10.1 Å². The highest BCUT2D eigenvalue weighted by atomic mass is 35.5. The van der Waals surface area contributed by atoms with Crippen LogP contribution in [0.1, 0.15) is 44.0 Å². The Bertz CT molecular complexity index is 1690. The number of halogens is 2. The minimum absolute atomic E-state index is 0.0378. The van der Waals surface area contributed by atoms with Crippen molar-refractivity contribution >= 4 is 46.9 Å². The molecule has 11 heteroatoms. The number of aryl methyl sites for hydroxylation is 1. The first-order chi connectivity index (χ1) is 21.4. The number of nitriles is 1. The van der Waals surface area contributed by atoms with E-state index in [4.69, 9.17) is 33.4 Å². The quantitative estimate of drug-likeness (QED) is 0.127. The van der Waals surface area contributed by atoms with Crippen LogP contribution in [-0.2, 0) is 13.1 Å². The summed E-state index contributed by atoms with van der Waals surface area (Å²) in [6, 6.07) is 16.4. The molecule has 0 radical (unpaired) electrons. The lowest BCUT2D eigenvalue weighted by molar-refractivity contribution is 0.102. The minimum atomic E-state index is -0.430. The van der Waals surface area contributed by atoms with Crippen LogP contribution < -0.4 is 16.0 Å². The van der Waals surface area contributed by atoms with Crippen molar-refractivity contribution in [1.29, 1.82) is 5.26 Å². The first-order valence-corrected chi connectivity index (χ1v) is 14.7. The van der Waals surface area contributed by atoms with Gasteiger partial charge in [0.2, 0.25) is 0 Å². The van der Waals surface area contributed by atoms with Crippen molar-refractivity contribution in [3.8, 4) is 17.2 Å². The SMILES string of the molecule is Cc1cc(/C=C/c2nccc(-c3cccc(NC(=O)c4ccc(CNCCO)cn4)c3Cl)c2C#N)c(Cl)cc1CNCCO. The first kappa shape index (κ1) is 32.8. The summed E-state index contributed by atoms with van der Waals surface area (Å²) < 4.78 is 0. The number of carbonyl (C=O) groups excluding carboxylic acids is 1. The summed E-state index contributed by atoms with van der Waals surface area (Å²) in [6.07, 6.45) is 6.75. The smallest absolute Gasteiger partial charge is 0.274 e. The number of amides is 1. The Morgan fingerprint density at radius 1 is 0.977 bits per heavy atom. The van der Waals surface area contributed by atoms with Crippen molar-refractivity contribution in [3.63, 3.8) is 0 Å². The summed E-state index contributed by atoms with van der Waals surface area (Å²) in [7, 11) is 0. The molecule has 5 N–H and O–H groups in total. The highest BCUT2D eigenvalue weighted by Crippen LogP contribution is 2.36. The van der Waals surface area contributed by atoms with Gasteiger partial charge < -0.3 is 26.2 Å². The summed E-state index contributed by atoms with van der Waals surface area (Å²) >= 11 is 13.3. The van der Waals surface area contributed by atoms with Crippen LogP contribution in [0.3, 0.4) is 0 Å². The van der Waals surface area contributed by atoms with Gasteiger partial charge in [-0.1, -0.05) is 53.5 Å². The van der Waals surface area contributed by atoms with Crippen molar-refractivity contribution in [3.05, 3.63) is 110 Å². The van der Waals surface area contributed by atoms with Gasteiger partial charge in [0.15, 0.2) is 0 Å². The van der Waals surface area contributed by atoms with E-state index in [-0.39, 0.29) is 23.9 Å². The number of carbonyl (C=O) groups is 1. The molecule has 2 aromatic carbocycles. The van der Waals surface area contributed by atoms with Crippen LogP contribution >= 0.6 is 23.2 Å². The normalized spacial score (nSPS) is 11.1. The largest absolute Gasteiger partial charge is 0.395 e. The standard InChI is InChI=1S/C33H32Cl2N6O3/c1-21-15-23(28(34)16-24(21)20-38-12-14-43)6-8-29-27(17-36)25(9-10-39-29)26-3-2-4-30(32(26)35)41-33(44)31-7-5-22(19-40-31)18-37-11-13-42/h2-10,15-16,19,37-38,42-43H,11-14,18,20H2,1H3,(H,41,44)/b8-6+. The van der Waals surface area contributed by atoms with Crippen molar-refractivity contribution in [2.24, 2.45) is 0 Å². The third-order valence-corrected chi connectivity index (χ3v) is 7.52. The number of benzene rings is 2. The molecular weight excluding hydrogens is 599 g/mol. The molecule has 9 nitrogen and oxygen atoms in total. The number of hydrogen-bond acceptors (Lipinski definition) is 8. The van der Waals surface area contributed by atoms with Gasteiger partial charge in [-0.3, -0.25) is 14.8 Å². The summed E-state index contributed by atoms with van der Waals surface area (Å²) in [4.78, 5) is 21.6. The highest BCUT2D eigenvalue weighted by molar-refractivity contribution is 6.36. The van der Waals surface area contributed by atoms with E-state index < -0.39 is 5.91 Å². The molecule has 0 bridgehead atoms. The molecular formula is C33H32Cl2N6O3. The summed E-state index contributed by atoms with van der Waals surface area (Å²) in [5, 5.41) is 37.9. The van der Waals surface area contributed by atoms with Gasteiger partial charge in [0.25, 0.3) is 5.91 Å². The van der Waals surface area contributed by atoms with Gasteiger partial charge in [0, 0.05) is 54.7 Å². The Hall–Kier alpha value is -4.14. The second kappa shape index (κ2) is 16.1. The molecule has 0 aliphatic carbocycles.